The van der Waals surface area contributed by atoms with Crippen molar-refractivity contribution in [3.05, 3.63) is 42.9 Å². The summed E-state index contributed by atoms with van der Waals surface area (Å²) < 4.78 is 0. The molecule has 0 bridgehead atoms. The summed E-state index contributed by atoms with van der Waals surface area (Å²) in [6.07, 6.45) is 9.87. The first-order valence-corrected chi connectivity index (χ1v) is 24.5. The highest BCUT2D eigenvalue weighted by Gasteiger charge is 2.16. The zero-order valence-corrected chi connectivity index (χ0v) is 40.3. The van der Waals surface area contributed by atoms with Crippen molar-refractivity contribution in [2.45, 2.75) is 133 Å². The van der Waals surface area contributed by atoms with Gasteiger partial charge in [0, 0.05) is 47.2 Å². The van der Waals surface area contributed by atoms with Gasteiger partial charge in [-0.05, 0) is 56.9 Å². The normalized spacial score (nSPS) is 11.3. The molecule has 0 aliphatic rings. The fourth-order valence-electron chi connectivity index (χ4n) is 5.32. The lowest BCUT2D eigenvalue weighted by Gasteiger charge is -2.02. The molecule has 0 aromatic carbocycles. The zero-order valence-electron chi connectivity index (χ0n) is 37.0. The number of nitrogens with zero attached hydrogens (tertiary/aromatic N) is 5. The van der Waals surface area contributed by atoms with E-state index in [0.29, 0.717) is 78.0 Å². The molecule has 0 saturated heterocycles. The Bertz CT molecular complexity index is 1890. The van der Waals surface area contributed by atoms with Gasteiger partial charge in [0.2, 0.25) is 0 Å². The number of thiazole rings is 4. The minimum absolute atomic E-state index is 0.129. The fourth-order valence-corrected chi connectivity index (χ4v) is 8.64. The third kappa shape index (κ3) is 22.2. The van der Waals surface area contributed by atoms with Crippen molar-refractivity contribution in [2.24, 2.45) is 28.5 Å². The number of carbonyl (C=O) groups excluding carboxylic acids is 4. The van der Waals surface area contributed by atoms with E-state index in [1.807, 2.05) is 17.7 Å². The van der Waals surface area contributed by atoms with E-state index in [-0.39, 0.29) is 18.5 Å². The summed E-state index contributed by atoms with van der Waals surface area (Å²) in [5.41, 5.74) is 7.75. The second-order valence-electron chi connectivity index (χ2n) is 15.6. The molecule has 13 nitrogen and oxygen atoms in total. The van der Waals surface area contributed by atoms with Gasteiger partial charge in [0.05, 0.1) is 22.5 Å². The number of amides is 2. The summed E-state index contributed by atoms with van der Waals surface area (Å²) in [5, 5.41) is 19.2. The molecule has 0 aliphatic heterocycles. The SMILES string of the molecule is CC(N)=NCNC(=O)c1csc(-c2csc(CCCC(=O)CC(C)C)n2)n1.CCCCC(C)C.CCNCNC(=O)c1csc(-c2csc(CCCC(=O)CC(C)C)n2)n1. The standard InChI is InChI=1S/C18H25N5O2S2.C18H26N4O2S2.C7H16/c1-11(2)7-13(24)5-4-6-16-22-15(9-26-16)18-23-14(8-27-18)17(25)21-10-20-12(3)19;1-4-19-11-20-17(24)14-9-26-18(22-14)15-10-25-16(21-15)7-5-6-13(23)8-12(2)3;1-4-5-6-7(2)3/h8-9,11H,4-7,10H2,1-3H3,(H2,19,20)(H,21,25);9-10,12,19H,4-8,11H2,1-3H3,(H,20,24);7H,4-6H2,1-3H3. The second kappa shape index (κ2) is 29.5. The molecule has 60 heavy (non-hydrogen) atoms. The summed E-state index contributed by atoms with van der Waals surface area (Å²) in [4.78, 5) is 69.4. The number of Topliss-reactive ketones (excluding diaryl/α,β-unsaturated/α-hetero) is 2. The first-order valence-electron chi connectivity index (χ1n) is 21.0. The van der Waals surface area contributed by atoms with E-state index in [0.717, 1.165) is 64.6 Å². The van der Waals surface area contributed by atoms with Crippen molar-refractivity contribution in [3.63, 3.8) is 0 Å². The van der Waals surface area contributed by atoms with Crippen molar-refractivity contribution in [2.75, 3.05) is 19.9 Å². The van der Waals surface area contributed by atoms with Crippen molar-refractivity contribution in [3.8, 4) is 21.4 Å². The molecule has 0 fully saturated rings. The van der Waals surface area contributed by atoms with E-state index in [2.05, 4.69) is 89.3 Å². The molecular weight excluding hydrogens is 835 g/mol. The van der Waals surface area contributed by atoms with Crippen LogP contribution in [0.2, 0.25) is 0 Å². The van der Waals surface area contributed by atoms with Gasteiger partial charge in [0.15, 0.2) is 0 Å². The van der Waals surface area contributed by atoms with Gasteiger partial charge in [-0.15, -0.1) is 45.3 Å². The topological polar surface area (TPSA) is 194 Å². The van der Waals surface area contributed by atoms with Crippen LogP contribution in [-0.2, 0) is 22.4 Å². The average Bonchev–Trinajstić information content (AvgIpc) is 4.01. The summed E-state index contributed by atoms with van der Waals surface area (Å²) in [5.74, 6) is 2.30. The number of rotatable bonds is 24. The molecule has 2 amide bonds. The number of ketones is 2. The van der Waals surface area contributed by atoms with E-state index >= 15 is 0 Å². The Hall–Kier alpha value is -3.77. The third-order valence-corrected chi connectivity index (χ3v) is 11.9. The minimum Gasteiger partial charge on any atom is -0.388 e. The van der Waals surface area contributed by atoms with Gasteiger partial charge in [-0.1, -0.05) is 74.7 Å². The molecule has 0 spiro atoms. The maximum Gasteiger partial charge on any atom is 0.272 e. The first kappa shape index (κ1) is 52.4. The average molecular weight is 902 g/mol. The largest absolute Gasteiger partial charge is 0.388 e. The lowest BCUT2D eigenvalue weighted by molar-refractivity contribution is -0.120. The highest BCUT2D eigenvalue weighted by molar-refractivity contribution is 7.14. The Labute approximate surface area is 373 Å². The predicted octanol–water partition coefficient (Wildman–Crippen LogP) is 9.60. The molecule has 4 aromatic heterocycles. The fraction of sp³-hybridized carbons (Fsp3) is 0.605. The van der Waals surface area contributed by atoms with Crippen LogP contribution in [0.25, 0.3) is 21.4 Å². The Morgan fingerprint density at radius 2 is 1.15 bits per heavy atom. The number of aromatic nitrogens is 4. The molecular formula is C43H67N9O4S4. The number of nitrogens with one attached hydrogen (secondary N) is 3. The van der Waals surface area contributed by atoms with Crippen LogP contribution in [0.15, 0.2) is 26.5 Å². The Morgan fingerprint density at radius 1 is 0.667 bits per heavy atom. The molecule has 4 rings (SSSR count). The van der Waals surface area contributed by atoms with Crippen LogP contribution in [0.1, 0.15) is 151 Å². The molecule has 0 saturated carbocycles. The van der Waals surface area contributed by atoms with E-state index in [4.69, 9.17) is 5.73 Å². The number of hydrogen-bond donors (Lipinski definition) is 4. The van der Waals surface area contributed by atoms with E-state index in [1.54, 1.807) is 40.4 Å². The van der Waals surface area contributed by atoms with Crippen LogP contribution in [0.4, 0.5) is 0 Å². The van der Waals surface area contributed by atoms with Gasteiger partial charge < -0.3 is 21.7 Å². The van der Waals surface area contributed by atoms with Crippen LogP contribution in [0.5, 0.6) is 0 Å². The van der Waals surface area contributed by atoms with Crippen molar-refractivity contribution < 1.29 is 19.2 Å². The lowest BCUT2D eigenvalue weighted by atomic mass is 10.0. The number of carbonyl (C=O) groups is 4. The minimum atomic E-state index is -0.290. The van der Waals surface area contributed by atoms with Crippen LogP contribution in [0, 0.1) is 17.8 Å². The predicted molar refractivity (Wildman–Crippen MR) is 251 cm³/mol. The number of aliphatic imine (C=N–C) groups is 1. The number of amidine groups is 1. The summed E-state index contributed by atoms with van der Waals surface area (Å²) in [6, 6.07) is 0. The maximum absolute atomic E-state index is 12.0. The Morgan fingerprint density at radius 3 is 1.55 bits per heavy atom. The van der Waals surface area contributed by atoms with Crippen LogP contribution < -0.4 is 21.7 Å². The lowest BCUT2D eigenvalue weighted by Crippen LogP contribution is -2.33. The van der Waals surface area contributed by atoms with Crippen molar-refractivity contribution >= 4 is 74.6 Å². The van der Waals surface area contributed by atoms with Gasteiger partial charge in [0.1, 0.15) is 51.0 Å². The van der Waals surface area contributed by atoms with Crippen LogP contribution in [0.3, 0.4) is 0 Å². The smallest absolute Gasteiger partial charge is 0.272 e. The van der Waals surface area contributed by atoms with Gasteiger partial charge in [-0.25, -0.2) is 19.9 Å². The zero-order chi connectivity index (χ0) is 44.5. The monoisotopic (exact) mass is 901 g/mol. The highest BCUT2D eigenvalue weighted by atomic mass is 32.1. The molecule has 332 valence electrons. The molecule has 0 radical (unpaired) electrons. The summed E-state index contributed by atoms with van der Waals surface area (Å²) in [7, 11) is 0. The summed E-state index contributed by atoms with van der Waals surface area (Å²) in [6.45, 7) is 20.0. The van der Waals surface area contributed by atoms with E-state index in [1.165, 1.54) is 41.9 Å². The molecule has 17 heteroatoms. The molecule has 4 heterocycles. The molecule has 0 unspecified atom stereocenters. The molecule has 0 aliphatic carbocycles. The third-order valence-electron chi connectivity index (χ3n) is 8.31. The quantitative estimate of drug-likeness (QED) is 0.0228. The number of hydrogen-bond acceptors (Lipinski definition) is 14. The second-order valence-corrected chi connectivity index (χ2v) is 19.2. The van der Waals surface area contributed by atoms with E-state index < -0.39 is 0 Å². The van der Waals surface area contributed by atoms with Crippen LogP contribution >= 0.6 is 45.3 Å². The first-order chi connectivity index (χ1) is 28.6. The van der Waals surface area contributed by atoms with Gasteiger partial charge in [-0.2, -0.15) is 0 Å². The molecule has 4 aromatic rings. The summed E-state index contributed by atoms with van der Waals surface area (Å²) >= 11 is 5.93. The Balaban J connectivity index is 0.000000357. The van der Waals surface area contributed by atoms with Crippen molar-refractivity contribution in [1.82, 2.24) is 35.9 Å². The highest BCUT2D eigenvalue weighted by Crippen LogP contribution is 2.27. The maximum atomic E-state index is 12.0. The molecule has 5 N–H and O–H groups in total. The van der Waals surface area contributed by atoms with E-state index in [9.17, 15) is 19.2 Å². The van der Waals surface area contributed by atoms with Gasteiger partial charge in [0.25, 0.3) is 11.8 Å². The number of unbranched alkanes of at least 4 members (excludes halogenated alkanes) is 1. The van der Waals surface area contributed by atoms with Crippen molar-refractivity contribution in [1.29, 1.82) is 0 Å². The van der Waals surface area contributed by atoms with Gasteiger partial charge in [-0.3, -0.25) is 24.2 Å². The van der Waals surface area contributed by atoms with Crippen LogP contribution in [-0.4, -0.2) is 69.0 Å². The molecule has 0 atom stereocenters. The number of aryl methyl sites for hydroxylation is 2. The number of nitrogens with two attached hydrogens (primary N) is 1. The Kier molecular flexibility index (Phi) is 25.7. The van der Waals surface area contributed by atoms with Gasteiger partial charge >= 0.3 is 0 Å².